The van der Waals surface area contributed by atoms with Crippen LogP contribution in [0.25, 0.3) is 11.2 Å². The summed E-state index contributed by atoms with van der Waals surface area (Å²) in [6.45, 7) is 0.687. The molecule has 140 valence electrons. The van der Waals surface area contributed by atoms with Gasteiger partial charge in [-0.1, -0.05) is 25.0 Å². The van der Waals surface area contributed by atoms with Gasteiger partial charge in [0.1, 0.15) is 17.6 Å². The van der Waals surface area contributed by atoms with Gasteiger partial charge in [0.25, 0.3) is 0 Å². The molecule has 3 aromatic rings. The number of nitrogens with zero attached hydrogens (tertiary/aromatic N) is 4. The Morgan fingerprint density at radius 2 is 1.81 bits per heavy atom. The van der Waals surface area contributed by atoms with Crippen LogP contribution >= 0.6 is 24.8 Å². The van der Waals surface area contributed by atoms with Crippen LogP contribution in [0.4, 0.5) is 5.82 Å². The first-order valence-electron chi connectivity index (χ1n) is 8.39. The number of ether oxygens (including phenoxy) is 1. The summed E-state index contributed by atoms with van der Waals surface area (Å²) in [7, 11) is 1.67. The third kappa shape index (κ3) is 4.02. The van der Waals surface area contributed by atoms with Crippen molar-refractivity contribution in [2.45, 2.75) is 38.3 Å². The lowest BCUT2D eigenvalue weighted by atomic mass is 10.2. The van der Waals surface area contributed by atoms with Crippen molar-refractivity contribution in [1.82, 2.24) is 19.5 Å². The molecule has 2 aromatic heterocycles. The predicted molar refractivity (Wildman–Crippen MR) is 108 cm³/mol. The van der Waals surface area contributed by atoms with Crippen molar-refractivity contribution in [3.8, 4) is 5.75 Å². The molecule has 0 spiro atoms. The highest BCUT2D eigenvalue weighted by molar-refractivity contribution is 5.85. The average Bonchev–Trinajstić information content (AvgIpc) is 3.29. The Morgan fingerprint density at radius 3 is 2.50 bits per heavy atom. The van der Waals surface area contributed by atoms with Gasteiger partial charge >= 0.3 is 0 Å². The van der Waals surface area contributed by atoms with Crippen molar-refractivity contribution in [2.75, 3.05) is 12.4 Å². The lowest BCUT2D eigenvalue weighted by molar-refractivity contribution is 0.414. The molecule has 6 nitrogen and oxygen atoms in total. The Labute approximate surface area is 165 Å². The van der Waals surface area contributed by atoms with E-state index in [-0.39, 0.29) is 24.8 Å². The van der Waals surface area contributed by atoms with E-state index < -0.39 is 0 Å². The highest BCUT2D eigenvalue weighted by Crippen LogP contribution is 2.32. The Balaban J connectivity index is 0.00000121. The van der Waals surface area contributed by atoms with Gasteiger partial charge in [0, 0.05) is 12.6 Å². The second kappa shape index (κ2) is 9.05. The van der Waals surface area contributed by atoms with Gasteiger partial charge < -0.3 is 14.6 Å². The molecule has 1 saturated carbocycles. The van der Waals surface area contributed by atoms with Gasteiger partial charge in [-0.05, 0) is 30.5 Å². The highest BCUT2D eigenvalue weighted by Gasteiger charge is 2.20. The summed E-state index contributed by atoms with van der Waals surface area (Å²) in [5.41, 5.74) is 2.94. The predicted octanol–water partition coefficient (Wildman–Crippen LogP) is 4.41. The standard InChI is InChI=1S/C18H21N5O.2ClH/c1-24-15-8-6-13(7-9-15)10-19-17-16-18(21-11-20-17)23(12-22-16)14-4-2-3-5-14;;/h6-9,11-12,14H,2-5,10H2,1H3,(H,19,20,21);2*1H. The number of anilines is 1. The van der Waals surface area contributed by atoms with E-state index in [1.54, 1.807) is 13.4 Å². The molecule has 1 N–H and O–H groups in total. The Bertz CT molecular complexity index is 831. The van der Waals surface area contributed by atoms with E-state index in [1.165, 1.54) is 25.7 Å². The summed E-state index contributed by atoms with van der Waals surface area (Å²) in [5, 5.41) is 3.38. The summed E-state index contributed by atoms with van der Waals surface area (Å²) >= 11 is 0. The SMILES string of the molecule is COc1ccc(CNc2ncnc3c2ncn3C2CCCC2)cc1.Cl.Cl. The first-order valence-corrected chi connectivity index (χ1v) is 8.39. The number of hydrogen-bond donors (Lipinski definition) is 1. The van der Waals surface area contributed by atoms with E-state index in [2.05, 4.69) is 24.8 Å². The number of fused-ring (bicyclic) bond motifs is 1. The van der Waals surface area contributed by atoms with Gasteiger partial charge in [-0.15, -0.1) is 24.8 Å². The van der Waals surface area contributed by atoms with Crippen molar-refractivity contribution in [2.24, 2.45) is 0 Å². The van der Waals surface area contributed by atoms with Crippen molar-refractivity contribution in [3.63, 3.8) is 0 Å². The molecule has 0 atom stereocenters. The zero-order valence-corrected chi connectivity index (χ0v) is 16.2. The molecule has 1 aliphatic rings. The maximum atomic E-state index is 5.19. The molecular weight excluding hydrogens is 373 g/mol. The maximum absolute atomic E-state index is 5.19. The van der Waals surface area contributed by atoms with Gasteiger partial charge in [0.05, 0.1) is 13.4 Å². The molecule has 0 radical (unpaired) electrons. The topological polar surface area (TPSA) is 64.9 Å². The molecule has 8 heteroatoms. The molecule has 0 unspecified atom stereocenters. The largest absolute Gasteiger partial charge is 0.497 e. The molecular formula is C18H23Cl2N5O. The number of rotatable bonds is 5. The van der Waals surface area contributed by atoms with Crippen LogP contribution in [0, 0.1) is 0 Å². The van der Waals surface area contributed by atoms with Crippen molar-refractivity contribution in [3.05, 3.63) is 42.5 Å². The zero-order valence-electron chi connectivity index (χ0n) is 14.6. The number of imidazole rings is 1. The van der Waals surface area contributed by atoms with E-state index in [0.717, 1.165) is 28.3 Å². The molecule has 26 heavy (non-hydrogen) atoms. The van der Waals surface area contributed by atoms with E-state index in [4.69, 9.17) is 4.74 Å². The lowest BCUT2D eigenvalue weighted by Crippen LogP contribution is -2.06. The van der Waals surface area contributed by atoms with E-state index in [0.29, 0.717) is 12.6 Å². The van der Waals surface area contributed by atoms with Crippen LogP contribution in [0.5, 0.6) is 5.75 Å². The van der Waals surface area contributed by atoms with E-state index >= 15 is 0 Å². The smallest absolute Gasteiger partial charge is 0.165 e. The molecule has 0 saturated heterocycles. The summed E-state index contributed by atoms with van der Waals surface area (Å²) in [6.07, 6.45) is 8.53. The van der Waals surface area contributed by atoms with Crippen LogP contribution in [-0.2, 0) is 6.54 Å². The first kappa shape index (κ1) is 20.3. The minimum absolute atomic E-state index is 0. The van der Waals surface area contributed by atoms with Gasteiger partial charge in [-0.25, -0.2) is 15.0 Å². The van der Waals surface area contributed by atoms with Crippen LogP contribution in [-0.4, -0.2) is 26.6 Å². The highest BCUT2D eigenvalue weighted by atomic mass is 35.5. The minimum atomic E-state index is 0. The fourth-order valence-electron chi connectivity index (χ4n) is 3.36. The van der Waals surface area contributed by atoms with Gasteiger partial charge in [-0.3, -0.25) is 0 Å². The second-order valence-electron chi connectivity index (χ2n) is 6.19. The monoisotopic (exact) mass is 395 g/mol. The van der Waals surface area contributed by atoms with Crippen LogP contribution in [0.2, 0.25) is 0 Å². The summed E-state index contributed by atoms with van der Waals surface area (Å²) in [4.78, 5) is 13.4. The van der Waals surface area contributed by atoms with Crippen molar-refractivity contribution in [1.29, 1.82) is 0 Å². The molecule has 0 aliphatic heterocycles. The number of methoxy groups -OCH3 is 1. The van der Waals surface area contributed by atoms with E-state index in [1.807, 2.05) is 30.6 Å². The zero-order chi connectivity index (χ0) is 16.4. The minimum Gasteiger partial charge on any atom is -0.497 e. The molecule has 0 amide bonds. The molecule has 1 fully saturated rings. The quantitative estimate of drug-likeness (QED) is 0.692. The van der Waals surface area contributed by atoms with Gasteiger partial charge in [-0.2, -0.15) is 0 Å². The van der Waals surface area contributed by atoms with Crippen molar-refractivity contribution < 1.29 is 4.74 Å². The lowest BCUT2D eigenvalue weighted by Gasteiger charge is -2.11. The fourth-order valence-corrected chi connectivity index (χ4v) is 3.36. The number of halogens is 2. The van der Waals surface area contributed by atoms with Crippen LogP contribution in [0.1, 0.15) is 37.3 Å². The number of hydrogen-bond acceptors (Lipinski definition) is 5. The number of aromatic nitrogens is 4. The summed E-state index contributed by atoms with van der Waals surface area (Å²) in [5.74, 6) is 1.64. The number of benzene rings is 1. The average molecular weight is 396 g/mol. The van der Waals surface area contributed by atoms with Gasteiger partial charge in [0.15, 0.2) is 11.5 Å². The van der Waals surface area contributed by atoms with Crippen LogP contribution in [0.3, 0.4) is 0 Å². The Kier molecular flexibility index (Phi) is 7.06. The Hall–Kier alpha value is -2.05. The summed E-state index contributed by atoms with van der Waals surface area (Å²) in [6, 6.07) is 8.53. The Morgan fingerprint density at radius 1 is 1.08 bits per heavy atom. The third-order valence-electron chi connectivity index (χ3n) is 4.70. The summed E-state index contributed by atoms with van der Waals surface area (Å²) < 4.78 is 7.40. The van der Waals surface area contributed by atoms with Crippen molar-refractivity contribution >= 4 is 41.8 Å². The number of nitrogens with one attached hydrogen (secondary N) is 1. The first-order chi connectivity index (χ1) is 11.8. The molecule has 0 bridgehead atoms. The molecule has 4 rings (SSSR count). The molecule has 2 heterocycles. The molecule has 1 aliphatic carbocycles. The third-order valence-corrected chi connectivity index (χ3v) is 4.70. The van der Waals surface area contributed by atoms with Crippen LogP contribution in [0.15, 0.2) is 36.9 Å². The van der Waals surface area contributed by atoms with Crippen LogP contribution < -0.4 is 10.1 Å². The van der Waals surface area contributed by atoms with E-state index in [9.17, 15) is 0 Å². The maximum Gasteiger partial charge on any atom is 0.165 e. The second-order valence-corrected chi connectivity index (χ2v) is 6.19. The fraction of sp³-hybridized carbons (Fsp3) is 0.389. The molecule has 1 aromatic carbocycles. The normalized spacial score (nSPS) is 13.9. The van der Waals surface area contributed by atoms with Gasteiger partial charge in [0.2, 0.25) is 0 Å².